The molecule has 0 amide bonds. The Bertz CT molecular complexity index is 435. The molecule has 1 aliphatic carbocycles. The fourth-order valence-electron chi connectivity index (χ4n) is 3.28. The molecule has 1 aromatic rings. The predicted molar refractivity (Wildman–Crippen MR) is 77.1 cm³/mol. The molecular formula is C16H23NO3. The quantitative estimate of drug-likeness (QED) is 0.805. The van der Waals surface area contributed by atoms with Crippen molar-refractivity contribution in [1.29, 1.82) is 0 Å². The summed E-state index contributed by atoms with van der Waals surface area (Å²) in [7, 11) is 1.37. The molecule has 3 N–H and O–H groups in total. The maximum Gasteiger partial charge on any atom is 0.307 e. The van der Waals surface area contributed by atoms with Gasteiger partial charge in [0.2, 0.25) is 0 Å². The van der Waals surface area contributed by atoms with E-state index in [2.05, 4.69) is 0 Å². The van der Waals surface area contributed by atoms with Crippen LogP contribution >= 0.6 is 0 Å². The molecule has 1 aromatic carbocycles. The first-order valence-electron chi connectivity index (χ1n) is 7.19. The molecule has 20 heavy (non-hydrogen) atoms. The van der Waals surface area contributed by atoms with Gasteiger partial charge in [-0.3, -0.25) is 4.79 Å². The van der Waals surface area contributed by atoms with Crippen LogP contribution in [0, 0.1) is 5.92 Å². The fourth-order valence-corrected chi connectivity index (χ4v) is 3.28. The molecule has 4 nitrogen and oxygen atoms in total. The van der Waals surface area contributed by atoms with Crippen molar-refractivity contribution in [3.63, 3.8) is 0 Å². The van der Waals surface area contributed by atoms with Crippen molar-refractivity contribution in [2.75, 3.05) is 7.11 Å². The summed E-state index contributed by atoms with van der Waals surface area (Å²) in [6.07, 6.45) is 2.64. The third-order valence-electron chi connectivity index (χ3n) is 4.27. The molecule has 4 atom stereocenters. The van der Waals surface area contributed by atoms with Gasteiger partial charge >= 0.3 is 5.97 Å². The molecule has 1 saturated carbocycles. The Morgan fingerprint density at radius 2 is 2.10 bits per heavy atom. The van der Waals surface area contributed by atoms with Crippen LogP contribution < -0.4 is 5.73 Å². The topological polar surface area (TPSA) is 72.5 Å². The van der Waals surface area contributed by atoms with Crippen LogP contribution in [0.1, 0.15) is 37.2 Å². The van der Waals surface area contributed by atoms with Crippen LogP contribution in [0.25, 0.3) is 0 Å². The molecule has 1 fully saturated rings. The highest BCUT2D eigenvalue weighted by Gasteiger charge is 2.37. The number of benzene rings is 1. The zero-order valence-corrected chi connectivity index (χ0v) is 11.9. The van der Waals surface area contributed by atoms with Gasteiger partial charge < -0.3 is 15.6 Å². The Morgan fingerprint density at radius 3 is 2.65 bits per heavy atom. The van der Waals surface area contributed by atoms with E-state index in [4.69, 9.17) is 10.5 Å². The zero-order valence-electron chi connectivity index (χ0n) is 11.9. The molecule has 0 bridgehead atoms. The number of aliphatic hydroxyl groups is 1. The van der Waals surface area contributed by atoms with Crippen LogP contribution in [0.5, 0.6) is 0 Å². The monoisotopic (exact) mass is 277 g/mol. The molecule has 0 aliphatic heterocycles. The van der Waals surface area contributed by atoms with E-state index in [9.17, 15) is 9.90 Å². The van der Waals surface area contributed by atoms with Crippen LogP contribution in [0.3, 0.4) is 0 Å². The predicted octanol–water partition coefficient (Wildman–Crippen LogP) is 1.82. The standard InChI is InChI=1S/C16H23NO3/c1-20-15(19)10-13(17)16(11-6-3-2-4-7-11)12-8-5-9-14(12)18/h2-4,6-7,12-14,16,18H,5,8-10,17H2,1H3/t12-,13?,14+,16+/m0/s1. The van der Waals surface area contributed by atoms with Crippen molar-refractivity contribution in [2.24, 2.45) is 11.7 Å². The lowest BCUT2D eigenvalue weighted by Crippen LogP contribution is -2.38. The Kier molecular flexibility index (Phi) is 5.15. The van der Waals surface area contributed by atoms with Crippen LogP contribution in [0.2, 0.25) is 0 Å². The largest absolute Gasteiger partial charge is 0.469 e. The van der Waals surface area contributed by atoms with E-state index in [1.165, 1.54) is 7.11 Å². The van der Waals surface area contributed by atoms with E-state index in [1.54, 1.807) is 0 Å². The van der Waals surface area contributed by atoms with E-state index in [1.807, 2.05) is 30.3 Å². The molecule has 110 valence electrons. The van der Waals surface area contributed by atoms with Gasteiger partial charge in [-0.15, -0.1) is 0 Å². The number of carbonyl (C=O) groups excluding carboxylic acids is 1. The summed E-state index contributed by atoms with van der Waals surface area (Å²) in [5, 5.41) is 10.2. The highest BCUT2D eigenvalue weighted by atomic mass is 16.5. The van der Waals surface area contributed by atoms with Gasteiger partial charge in [0.15, 0.2) is 0 Å². The first-order chi connectivity index (χ1) is 9.63. The second kappa shape index (κ2) is 6.86. The second-order valence-electron chi connectivity index (χ2n) is 5.54. The third-order valence-corrected chi connectivity index (χ3v) is 4.27. The minimum Gasteiger partial charge on any atom is -0.469 e. The van der Waals surface area contributed by atoms with Crippen LogP contribution in [0.15, 0.2) is 30.3 Å². The Hall–Kier alpha value is -1.39. The lowest BCUT2D eigenvalue weighted by atomic mass is 9.78. The number of carbonyl (C=O) groups is 1. The lowest BCUT2D eigenvalue weighted by molar-refractivity contribution is -0.141. The smallest absolute Gasteiger partial charge is 0.307 e. The van der Waals surface area contributed by atoms with Crippen molar-refractivity contribution in [3.05, 3.63) is 35.9 Å². The maximum absolute atomic E-state index is 11.5. The molecule has 0 radical (unpaired) electrons. The summed E-state index contributed by atoms with van der Waals surface area (Å²) in [5.74, 6) is -0.184. The van der Waals surface area contributed by atoms with Gasteiger partial charge in [-0.05, 0) is 24.3 Å². The van der Waals surface area contributed by atoms with E-state index >= 15 is 0 Å². The fraction of sp³-hybridized carbons (Fsp3) is 0.562. The van der Waals surface area contributed by atoms with Crippen molar-refractivity contribution in [2.45, 2.75) is 43.7 Å². The van der Waals surface area contributed by atoms with E-state index in [-0.39, 0.29) is 36.4 Å². The van der Waals surface area contributed by atoms with Gasteiger partial charge in [0.25, 0.3) is 0 Å². The van der Waals surface area contributed by atoms with E-state index in [0.29, 0.717) is 0 Å². The molecule has 1 aliphatic rings. The van der Waals surface area contributed by atoms with Crippen LogP contribution in [0.4, 0.5) is 0 Å². The number of aliphatic hydroxyl groups excluding tert-OH is 1. The summed E-state index contributed by atoms with van der Waals surface area (Å²) < 4.78 is 4.71. The van der Waals surface area contributed by atoms with Gasteiger partial charge in [-0.25, -0.2) is 0 Å². The van der Waals surface area contributed by atoms with Crippen LogP contribution in [-0.4, -0.2) is 30.3 Å². The number of ether oxygens (including phenoxy) is 1. The van der Waals surface area contributed by atoms with Gasteiger partial charge in [0.05, 0.1) is 19.6 Å². The maximum atomic E-state index is 11.5. The molecule has 0 saturated heterocycles. The minimum absolute atomic E-state index is 0.00667. The van der Waals surface area contributed by atoms with Crippen LogP contribution in [-0.2, 0) is 9.53 Å². The molecule has 1 unspecified atom stereocenters. The van der Waals surface area contributed by atoms with Gasteiger partial charge in [0.1, 0.15) is 0 Å². The Labute approximate surface area is 119 Å². The van der Waals surface area contributed by atoms with Crippen molar-refractivity contribution in [3.8, 4) is 0 Å². The van der Waals surface area contributed by atoms with Crippen molar-refractivity contribution in [1.82, 2.24) is 0 Å². The molecule has 0 aromatic heterocycles. The number of rotatable bonds is 5. The number of methoxy groups -OCH3 is 1. The normalized spacial score (nSPS) is 25.1. The minimum atomic E-state index is -0.331. The molecular weight excluding hydrogens is 254 g/mol. The Balaban J connectivity index is 2.22. The molecule has 4 heteroatoms. The number of hydrogen-bond acceptors (Lipinski definition) is 4. The van der Waals surface area contributed by atoms with Gasteiger partial charge in [-0.2, -0.15) is 0 Å². The average molecular weight is 277 g/mol. The number of nitrogens with two attached hydrogens (primary N) is 1. The SMILES string of the molecule is COC(=O)CC(N)[C@H](c1ccccc1)[C@H]1CCC[C@H]1O. The number of esters is 1. The van der Waals surface area contributed by atoms with Crippen molar-refractivity contribution >= 4 is 5.97 Å². The van der Waals surface area contributed by atoms with Gasteiger partial charge in [-0.1, -0.05) is 36.8 Å². The summed E-state index contributed by atoms with van der Waals surface area (Å²) in [6.45, 7) is 0. The van der Waals surface area contributed by atoms with Gasteiger partial charge in [0, 0.05) is 12.0 Å². The van der Waals surface area contributed by atoms with E-state index < -0.39 is 0 Å². The number of hydrogen-bond donors (Lipinski definition) is 2. The third kappa shape index (κ3) is 3.38. The Morgan fingerprint density at radius 1 is 1.40 bits per heavy atom. The summed E-state index contributed by atoms with van der Waals surface area (Å²) >= 11 is 0. The second-order valence-corrected chi connectivity index (χ2v) is 5.54. The first kappa shape index (κ1) is 15.0. The van der Waals surface area contributed by atoms with Crippen molar-refractivity contribution < 1.29 is 14.6 Å². The highest BCUT2D eigenvalue weighted by Crippen LogP contribution is 2.39. The average Bonchev–Trinajstić information content (AvgIpc) is 2.86. The summed E-state index contributed by atoms with van der Waals surface area (Å²) in [5.41, 5.74) is 7.35. The summed E-state index contributed by atoms with van der Waals surface area (Å²) in [4.78, 5) is 11.5. The first-order valence-corrected chi connectivity index (χ1v) is 7.19. The summed E-state index contributed by atoms with van der Waals surface area (Å²) in [6, 6.07) is 9.60. The zero-order chi connectivity index (χ0) is 14.5. The molecule has 0 spiro atoms. The molecule has 2 rings (SSSR count). The highest BCUT2D eigenvalue weighted by molar-refractivity contribution is 5.70. The van der Waals surface area contributed by atoms with E-state index in [0.717, 1.165) is 24.8 Å². The lowest BCUT2D eigenvalue weighted by Gasteiger charge is -2.31. The molecule has 0 heterocycles.